The highest BCUT2D eigenvalue weighted by Crippen LogP contribution is 2.38. The highest BCUT2D eigenvalue weighted by molar-refractivity contribution is 5.82. The van der Waals surface area contributed by atoms with Gasteiger partial charge in [0.05, 0.1) is 6.04 Å². The van der Waals surface area contributed by atoms with E-state index in [-0.39, 0.29) is 47.9 Å². The van der Waals surface area contributed by atoms with E-state index in [0.29, 0.717) is 24.8 Å². The lowest BCUT2D eigenvalue weighted by Gasteiger charge is -2.48. The second kappa shape index (κ2) is 9.34. The molecule has 0 spiro atoms. The van der Waals surface area contributed by atoms with Crippen LogP contribution in [-0.4, -0.2) is 77.1 Å². The lowest BCUT2D eigenvalue weighted by Crippen LogP contribution is -2.61. The van der Waals surface area contributed by atoms with Crippen LogP contribution in [0.4, 0.5) is 4.39 Å². The van der Waals surface area contributed by atoms with Gasteiger partial charge in [0.2, 0.25) is 11.8 Å². The topological polar surface area (TPSA) is 64.7 Å². The average molecular weight is 437 g/mol. The normalized spacial score (nSPS) is 44.0. The molecule has 2 heterocycles. The van der Waals surface area contributed by atoms with Gasteiger partial charge < -0.3 is 15.5 Å². The van der Waals surface area contributed by atoms with Gasteiger partial charge in [-0.15, -0.1) is 0 Å². The van der Waals surface area contributed by atoms with E-state index in [4.69, 9.17) is 0 Å². The molecule has 2 amide bonds. The summed E-state index contributed by atoms with van der Waals surface area (Å²) in [5.41, 5.74) is 0. The first-order valence-electron chi connectivity index (χ1n) is 12.5. The first kappa shape index (κ1) is 23.0. The molecule has 2 aliphatic heterocycles. The van der Waals surface area contributed by atoms with E-state index in [0.717, 1.165) is 45.2 Å². The van der Waals surface area contributed by atoms with E-state index in [1.54, 1.807) is 6.92 Å². The Morgan fingerprint density at radius 2 is 1.71 bits per heavy atom. The SMILES string of the molecule is CC(=O)N1[C@H](C)CN(C2CCCC(NC(=O)C3CC4C(F)CCC(C)C4N3)C2)C[C@H]1C. The number of halogens is 1. The number of alkyl halides is 1. The zero-order valence-corrected chi connectivity index (χ0v) is 19.6. The van der Waals surface area contributed by atoms with Gasteiger partial charge in [0, 0.05) is 56.1 Å². The van der Waals surface area contributed by atoms with Crippen molar-refractivity contribution in [2.45, 2.75) is 115 Å². The fourth-order valence-electron chi connectivity index (χ4n) is 7.01. The number of fused-ring (bicyclic) bond motifs is 1. The van der Waals surface area contributed by atoms with Crippen LogP contribution in [0.3, 0.4) is 0 Å². The van der Waals surface area contributed by atoms with E-state index >= 15 is 0 Å². The third-order valence-corrected chi connectivity index (χ3v) is 8.47. The predicted octanol–water partition coefficient (Wildman–Crippen LogP) is 2.47. The van der Waals surface area contributed by atoms with Gasteiger partial charge in [0.1, 0.15) is 6.17 Å². The molecule has 4 fully saturated rings. The Bertz CT molecular complexity index is 646. The summed E-state index contributed by atoms with van der Waals surface area (Å²) in [6, 6.07) is 0.960. The third-order valence-electron chi connectivity index (χ3n) is 8.47. The van der Waals surface area contributed by atoms with Crippen molar-refractivity contribution in [2.75, 3.05) is 13.1 Å². The molecular weight excluding hydrogens is 395 g/mol. The van der Waals surface area contributed by atoms with Crippen LogP contribution < -0.4 is 10.6 Å². The van der Waals surface area contributed by atoms with Gasteiger partial charge in [-0.1, -0.05) is 6.92 Å². The molecule has 2 saturated carbocycles. The molecule has 0 aromatic carbocycles. The molecular formula is C24H41FN4O2. The van der Waals surface area contributed by atoms with Crippen molar-refractivity contribution in [1.29, 1.82) is 0 Å². The fourth-order valence-corrected chi connectivity index (χ4v) is 7.01. The standard InChI is InChI=1S/C24H41FN4O2/c1-14-8-9-21(25)20-11-22(27-23(14)20)24(31)26-18-6-5-7-19(10-18)28-12-15(2)29(17(4)30)16(3)13-28/h14-16,18-23,27H,5-13H2,1-4H3,(H,26,31)/t14?,15-,16-,18?,19?,20?,21?,22?,23?/m1/s1. The highest BCUT2D eigenvalue weighted by atomic mass is 19.1. The Morgan fingerprint density at radius 3 is 2.35 bits per heavy atom. The zero-order chi connectivity index (χ0) is 22.3. The zero-order valence-electron chi connectivity index (χ0n) is 19.6. The van der Waals surface area contributed by atoms with Gasteiger partial charge in [0.15, 0.2) is 0 Å². The van der Waals surface area contributed by atoms with Gasteiger partial charge in [0.25, 0.3) is 0 Å². The Balaban J connectivity index is 1.31. The largest absolute Gasteiger partial charge is 0.352 e. The molecule has 0 bridgehead atoms. The smallest absolute Gasteiger partial charge is 0.237 e. The van der Waals surface area contributed by atoms with Crippen LogP contribution in [0, 0.1) is 11.8 Å². The monoisotopic (exact) mass is 436 g/mol. The lowest BCUT2D eigenvalue weighted by atomic mass is 9.77. The van der Waals surface area contributed by atoms with Crippen LogP contribution in [0.5, 0.6) is 0 Å². The summed E-state index contributed by atoms with van der Waals surface area (Å²) in [6.07, 6.45) is 5.63. The number of hydrogen-bond donors (Lipinski definition) is 2. The maximum Gasteiger partial charge on any atom is 0.237 e. The van der Waals surface area contributed by atoms with Crippen molar-refractivity contribution < 1.29 is 14.0 Å². The van der Waals surface area contributed by atoms with E-state index in [1.165, 1.54) is 0 Å². The van der Waals surface area contributed by atoms with E-state index in [1.807, 2.05) is 4.90 Å². The number of piperazine rings is 1. The number of rotatable bonds is 3. The van der Waals surface area contributed by atoms with Crippen molar-refractivity contribution in [1.82, 2.24) is 20.4 Å². The molecule has 0 radical (unpaired) electrons. The Morgan fingerprint density at radius 1 is 1.00 bits per heavy atom. The van der Waals surface area contributed by atoms with Gasteiger partial charge in [-0.3, -0.25) is 14.5 Å². The molecule has 2 N–H and O–H groups in total. The van der Waals surface area contributed by atoms with E-state index < -0.39 is 6.17 Å². The van der Waals surface area contributed by atoms with E-state index in [2.05, 4.69) is 36.3 Å². The number of amides is 2. The number of nitrogens with zero attached hydrogens (tertiary/aromatic N) is 2. The Labute approximate surface area is 186 Å². The Kier molecular flexibility index (Phi) is 6.92. The molecule has 4 rings (SSSR count). The second-order valence-electron chi connectivity index (χ2n) is 10.8. The minimum Gasteiger partial charge on any atom is -0.352 e. The highest BCUT2D eigenvalue weighted by Gasteiger charge is 2.46. The average Bonchev–Trinajstić information content (AvgIpc) is 3.17. The summed E-state index contributed by atoms with van der Waals surface area (Å²) in [5, 5.41) is 6.77. The molecule has 9 atom stereocenters. The fraction of sp³-hybridized carbons (Fsp3) is 0.917. The summed E-state index contributed by atoms with van der Waals surface area (Å²) in [7, 11) is 0. The van der Waals surface area contributed by atoms with Crippen LogP contribution in [0.2, 0.25) is 0 Å². The minimum absolute atomic E-state index is 0.0147. The number of carbonyl (C=O) groups is 2. The molecule has 7 unspecified atom stereocenters. The predicted molar refractivity (Wildman–Crippen MR) is 119 cm³/mol. The summed E-state index contributed by atoms with van der Waals surface area (Å²) >= 11 is 0. The van der Waals surface area contributed by atoms with Crippen molar-refractivity contribution >= 4 is 11.8 Å². The van der Waals surface area contributed by atoms with E-state index in [9.17, 15) is 14.0 Å². The lowest BCUT2D eigenvalue weighted by molar-refractivity contribution is -0.137. The second-order valence-corrected chi connectivity index (χ2v) is 10.8. The molecule has 2 aliphatic carbocycles. The van der Waals surface area contributed by atoms with Crippen LogP contribution in [-0.2, 0) is 9.59 Å². The van der Waals surface area contributed by atoms with Crippen molar-refractivity contribution in [2.24, 2.45) is 11.8 Å². The number of carbonyl (C=O) groups excluding carboxylic acids is 2. The molecule has 6 nitrogen and oxygen atoms in total. The molecule has 2 saturated heterocycles. The van der Waals surface area contributed by atoms with Crippen molar-refractivity contribution in [3.63, 3.8) is 0 Å². The van der Waals surface area contributed by atoms with Gasteiger partial charge in [-0.25, -0.2) is 4.39 Å². The minimum atomic E-state index is -0.775. The summed E-state index contributed by atoms with van der Waals surface area (Å²) in [4.78, 5) is 29.5. The molecule has 31 heavy (non-hydrogen) atoms. The van der Waals surface area contributed by atoms with Gasteiger partial charge >= 0.3 is 0 Å². The van der Waals surface area contributed by atoms with Crippen molar-refractivity contribution in [3.05, 3.63) is 0 Å². The van der Waals surface area contributed by atoms with Gasteiger partial charge in [-0.05, 0) is 64.7 Å². The maximum atomic E-state index is 14.4. The Hall–Kier alpha value is -1.21. The number of hydrogen-bond acceptors (Lipinski definition) is 4. The number of nitrogens with one attached hydrogen (secondary N) is 2. The summed E-state index contributed by atoms with van der Waals surface area (Å²) in [5.74, 6) is 0.635. The van der Waals surface area contributed by atoms with Crippen LogP contribution in [0.1, 0.15) is 72.6 Å². The first-order chi connectivity index (χ1) is 14.7. The summed E-state index contributed by atoms with van der Waals surface area (Å²) in [6.45, 7) is 9.91. The molecule has 7 heteroatoms. The quantitative estimate of drug-likeness (QED) is 0.713. The summed E-state index contributed by atoms with van der Waals surface area (Å²) < 4.78 is 14.4. The van der Waals surface area contributed by atoms with Gasteiger partial charge in [-0.2, -0.15) is 0 Å². The first-order valence-corrected chi connectivity index (χ1v) is 12.5. The van der Waals surface area contributed by atoms with Crippen molar-refractivity contribution in [3.8, 4) is 0 Å². The molecule has 176 valence electrons. The maximum absolute atomic E-state index is 14.4. The third kappa shape index (κ3) is 4.77. The molecule has 4 aliphatic rings. The van der Waals surface area contributed by atoms with Crippen LogP contribution in [0.15, 0.2) is 0 Å². The van der Waals surface area contributed by atoms with Crippen LogP contribution in [0.25, 0.3) is 0 Å². The van der Waals surface area contributed by atoms with Crippen LogP contribution >= 0.6 is 0 Å². The molecule has 0 aromatic rings. The molecule has 0 aromatic heterocycles.